The summed E-state index contributed by atoms with van der Waals surface area (Å²) >= 11 is 0. The number of carbonyl (C=O) groups is 1. The number of hydrogen-bond donors (Lipinski definition) is 1. The molecule has 2 aliphatic carbocycles. The summed E-state index contributed by atoms with van der Waals surface area (Å²) in [5, 5.41) is 2.53. The van der Waals surface area contributed by atoms with Gasteiger partial charge in [0.15, 0.2) is 9.84 Å². The van der Waals surface area contributed by atoms with E-state index in [4.69, 9.17) is 0 Å². The summed E-state index contributed by atoms with van der Waals surface area (Å²) in [4.78, 5) is 12.0. The number of amides is 1. The zero-order valence-electron chi connectivity index (χ0n) is 13.5. The van der Waals surface area contributed by atoms with Gasteiger partial charge in [0.2, 0.25) is 5.91 Å². The van der Waals surface area contributed by atoms with Crippen molar-refractivity contribution in [3.05, 3.63) is 35.4 Å². The third-order valence-corrected chi connectivity index (χ3v) is 7.21. The predicted molar refractivity (Wildman–Crippen MR) is 90.9 cm³/mol. The zero-order chi connectivity index (χ0) is 16.3. The molecular formula is C18H25NO3S. The van der Waals surface area contributed by atoms with Gasteiger partial charge in [0.05, 0.1) is 11.0 Å². The molecule has 0 aromatic heterocycles. The number of nitrogens with one attached hydrogen (secondary N) is 1. The van der Waals surface area contributed by atoms with Gasteiger partial charge in [-0.3, -0.25) is 4.79 Å². The van der Waals surface area contributed by atoms with Gasteiger partial charge in [-0.15, -0.1) is 0 Å². The van der Waals surface area contributed by atoms with Crippen LogP contribution in [0.15, 0.2) is 24.3 Å². The summed E-state index contributed by atoms with van der Waals surface area (Å²) in [7, 11) is -3.29. The van der Waals surface area contributed by atoms with Gasteiger partial charge in [0.25, 0.3) is 0 Å². The Labute approximate surface area is 138 Å². The molecule has 1 N–H and O–H groups in total. The Morgan fingerprint density at radius 1 is 1.09 bits per heavy atom. The molecule has 126 valence electrons. The van der Waals surface area contributed by atoms with Crippen LogP contribution in [-0.2, 0) is 21.1 Å². The molecule has 0 radical (unpaired) electrons. The maximum absolute atomic E-state index is 12.7. The first-order valence-electron chi connectivity index (χ1n) is 8.65. The topological polar surface area (TPSA) is 63.2 Å². The standard InChI is InChI=1S/C18H25NO3S/c20-18(19-15-8-2-3-9-15)12-13-23(21,22)17-11-5-7-14-6-1-4-10-16(14)17/h1,4,6,10,15,17H,2-3,5,7-9,11-13H2,(H,19,20)/t17-/m0/s1. The highest BCUT2D eigenvalue weighted by molar-refractivity contribution is 7.91. The van der Waals surface area contributed by atoms with Crippen LogP contribution in [0.1, 0.15) is 61.3 Å². The van der Waals surface area contributed by atoms with E-state index < -0.39 is 15.1 Å². The minimum Gasteiger partial charge on any atom is -0.353 e. The molecule has 1 aromatic rings. The highest BCUT2D eigenvalue weighted by Crippen LogP contribution is 2.36. The highest BCUT2D eigenvalue weighted by atomic mass is 32.2. The minimum atomic E-state index is -3.29. The van der Waals surface area contributed by atoms with Gasteiger partial charge in [-0.1, -0.05) is 37.1 Å². The van der Waals surface area contributed by atoms with Crippen molar-refractivity contribution in [1.82, 2.24) is 5.32 Å². The fourth-order valence-corrected chi connectivity index (χ4v) is 5.73. The van der Waals surface area contributed by atoms with E-state index >= 15 is 0 Å². The summed E-state index contributed by atoms with van der Waals surface area (Å²) in [5.41, 5.74) is 2.08. The number of fused-ring (bicyclic) bond motifs is 1. The average Bonchev–Trinajstić information content (AvgIpc) is 3.05. The molecule has 1 fully saturated rings. The summed E-state index contributed by atoms with van der Waals surface area (Å²) < 4.78 is 25.4. The highest BCUT2D eigenvalue weighted by Gasteiger charge is 2.31. The van der Waals surface area contributed by atoms with Gasteiger partial charge in [-0.2, -0.15) is 0 Å². The lowest BCUT2D eigenvalue weighted by Crippen LogP contribution is -2.34. The Balaban J connectivity index is 1.62. The van der Waals surface area contributed by atoms with E-state index in [-0.39, 0.29) is 24.1 Å². The SMILES string of the molecule is O=C(CCS(=O)(=O)[C@H]1CCCc2ccccc21)NC1CCCC1. The van der Waals surface area contributed by atoms with Gasteiger partial charge in [-0.25, -0.2) is 8.42 Å². The van der Waals surface area contributed by atoms with Crippen LogP contribution in [0.5, 0.6) is 0 Å². The smallest absolute Gasteiger partial charge is 0.221 e. The molecule has 4 nitrogen and oxygen atoms in total. The number of aryl methyl sites for hydroxylation is 1. The van der Waals surface area contributed by atoms with Crippen molar-refractivity contribution in [3.63, 3.8) is 0 Å². The van der Waals surface area contributed by atoms with E-state index in [1.54, 1.807) is 0 Å². The van der Waals surface area contributed by atoms with Crippen molar-refractivity contribution >= 4 is 15.7 Å². The molecule has 1 atom stereocenters. The van der Waals surface area contributed by atoms with Crippen molar-refractivity contribution in [2.75, 3.05) is 5.75 Å². The molecule has 0 spiro atoms. The van der Waals surface area contributed by atoms with E-state index in [1.165, 1.54) is 0 Å². The molecule has 0 saturated heterocycles. The van der Waals surface area contributed by atoms with Gasteiger partial charge in [-0.05, 0) is 43.2 Å². The quantitative estimate of drug-likeness (QED) is 0.900. The molecule has 1 saturated carbocycles. The number of carbonyl (C=O) groups excluding carboxylic acids is 1. The van der Waals surface area contributed by atoms with Crippen molar-refractivity contribution in [2.24, 2.45) is 0 Å². The Hall–Kier alpha value is -1.36. The van der Waals surface area contributed by atoms with Crippen LogP contribution >= 0.6 is 0 Å². The van der Waals surface area contributed by atoms with Crippen LogP contribution in [0.25, 0.3) is 0 Å². The first-order valence-corrected chi connectivity index (χ1v) is 10.4. The Morgan fingerprint density at radius 2 is 1.83 bits per heavy atom. The Bertz CT molecular complexity index is 663. The van der Waals surface area contributed by atoms with Crippen LogP contribution in [0, 0.1) is 0 Å². The maximum Gasteiger partial charge on any atom is 0.221 e. The first kappa shape index (κ1) is 16.5. The molecular weight excluding hydrogens is 310 g/mol. The minimum absolute atomic E-state index is 0.0510. The number of sulfone groups is 1. The molecule has 0 aliphatic heterocycles. The number of hydrogen-bond acceptors (Lipinski definition) is 3. The average molecular weight is 335 g/mol. The van der Waals surface area contributed by atoms with Gasteiger partial charge < -0.3 is 5.32 Å². The molecule has 0 bridgehead atoms. The maximum atomic E-state index is 12.7. The fraction of sp³-hybridized carbons (Fsp3) is 0.611. The summed E-state index contributed by atoms with van der Waals surface area (Å²) in [6.45, 7) is 0. The monoisotopic (exact) mass is 335 g/mol. The largest absolute Gasteiger partial charge is 0.353 e. The van der Waals surface area contributed by atoms with E-state index in [9.17, 15) is 13.2 Å². The Kier molecular flexibility index (Phi) is 5.05. The summed E-state index contributed by atoms with van der Waals surface area (Å²) in [5.74, 6) is -0.172. The third kappa shape index (κ3) is 3.94. The molecule has 1 aromatic carbocycles. The number of benzene rings is 1. The second kappa shape index (κ2) is 7.04. The van der Waals surface area contributed by atoms with Crippen LogP contribution in [-0.4, -0.2) is 26.1 Å². The van der Waals surface area contributed by atoms with Crippen molar-refractivity contribution in [3.8, 4) is 0 Å². The molecule has 0 heterocycles. The van der Waals surface area contributed by atoms with Gasteiger partial charge in [0, 0.05) is 12.5 Å². The van der Waals surface area contributed by atoms with Gasteiger partial charge >= 0.3 is 0 Å². The van der Waals surface area contributed by atoms with Crippen LogP contribution in [0.3, 0.4) is 0 Å². The second-order valence-electron chi connectivity index (χ2n) is 6.75. The van der Waals surface area contributed by atoms with Crippen molar-refractivity contribution < 1.29 is 13.2 Å². The normalized spacial score (nSPS) is 21.8. The molecule has 0 unspecified atom stereocenters. The predicted octanol–water partition coefficient (Wildman–Crippen LogP) is 2.93. The Morgan fingerprint density at radius 3 is 2.61 bits per heavy atom. The van der Waals surface area contributed by atoms with Crippen molar-refractivity contribution in [2.45, 2.75) is 62.7 Å². The zero-order valence-corrected chi connectivity index (χ0v) is 14.3. The third-order valence-electron chi connectivity index (χ3n) is 5.08. The summed E-state index contributed by atoms with van der Waals surface area (Å²) in [6, 6.07) is 8.06. The van der Waals surface area contributed by atoms with E-state index in [2.05, 4.69) is 5.32 Å². The number of rotatable bonds is 5. The molecule has 5 heteroatoms. The summed E-state index contributed by atoms with van der Waals surface area (Å²) in [6.07, 6.45) is 6.95. The van der Waals surface area contributed by atoms with E-state index in [0.29, 0.717) is 6.42 Å². The molecule has 3 rings (SSSR count). The van der Waals surface area contributed by atoms with Crippen LogP contribution in [0.2, 0.25) is 0 Å². The van der Waals surface area contributed by atoms with E-state index in [0.717, 1.165) is 49.7 Å². The van der Waals surface area contributed by atoms with E-state index in [1.807, 2.05) is 24.3 Å². The van der Waals surface area contributed by atoms with Crippen LogP contribution < -0.4 is 5.32 Å². The first-order chi connectivity index (χ1) is 11.1. The fourth-order valence-electron chi connectivity index (χ4n) is 3.83. The lowest BCUT2D eigenvalue weighted by atomic mass is 9.91. The second-order valence-corrected chi connectivity index (χ2v) is 9.05. The van der Waals surface area contributed by atoms with Crippen LogP contribution in [0.4, 0.5) is 0 Å². The lowest BCUT2D eigenvalue weighted by Gasteiger charge is -2.25. The molecule has 2 aliphatic rings. The molecule has 23 heavy (non-hydrogen) atoms. The van der Waals surface area contributed by atoms with Gasteiger partial charge in [0.1, 0.15) is 0 Å². The lowest BCUT2D eigenvalue weighted by molar-refractivity contribution is -0.121. The molecule has 1 amide bonds. The van der Waals surface area contributed by atoms with Crippen molar-refractivity contribution in [1.29, 1.82) is 0 Å².